The van der Waals surface area contributed by atoms with E-state index in [-0.39, 0.29) is 55.2 Å². The second-order valence-electron chi connectivity index (χ2n) is 7.36. The van der Waals surface area contributed by atoms with Crippen LogP contribution < -0.4 is 14.5 Å². The summed E-state index contributed by atoms with van der Waals surface area (Å²) >= 11 is 5.73. The lowest BCUT2D eigenvalue weighted by Gasteiger charge is -2.30. The molecule has 1 heterocycles. The third-order valence-electron chi connectivity index (χ3n) is 5.29. The summed E-state index contributed by atoms with van der Waals surface area (Å²) in [5.74, 6) is -0.166. The largest absolute Gasteiger partial charge is 0.481 e. The van der Waals surface area contributed by atoms with E-state index in [1.807, 2.05) is 0 Å². The number of imide groups is 1. The Morgan fingerprint density at radius 1 is 1.18 bits per heavy atom. The fraction of sp³-hybridized carbons (Fsp3) is 0.333. The summed E-state index contributed by atoms with van der Waals surface area (Å²) in [6.45, 7) is -0.757. The number of benzene rings is 1. The Labute approximate surface area is 200 Å². The van der Waals surface area contributed by atoms with Crippen molar-refractivity contribution in [2.24, 2.45) is 0 Å². The highest BCUT2D eigenvalue weighted by Crippen LogP contribution is 2.39. The van der Waals surface area contributed by atoms with Crippen molar-refractivity contribution in [3.63, 3.8) is 0 Å². The smallest absolute Gasteiger partial charge is 0.335 e. The molecule has 1 aliphatic heterocycles. The predicted molar refractivity (Wildman–Crippen MR) is 122 cm³/mol. The number of halogens is 2. The maximum Gasteiger partial charge on any atom is 0.335 e. The lowest BCUT2D eigenvalue weighted by molar-refractivity contribution is -0.138. The van der Waals surface area contributed by atoms with Crippen LogP contribution in [0.5, 0.6) is 5.75 Å². The lowest BCUT2D eigenvalue weighted by Crippen LogP contribution is -2.42. The number of alkyl halides is 1. The maximum atomic E-state index is 15.1. The van der Waals surface area contributed by atoms with E-state index >= 15 is 4.39 Å². The highest BCUT2D eigenvalue weighted by atomic mass is 35.5. The molecule has 1 aliphatic carbocycles. The molecule has 0 saturated heterocycles. The van der Waals surface area contributed by atoms with E-state index in [2.05, 4.69) is 11.8 Å². The average Bonchev–Trinajstić information content (AvgIpc) is 2.84. The van der Waals surface area contributed by atoms with Gasteiger partial charge in [0.25, 0.3) is 11.8 Å². The molecule has 3 amide bonds. The molecule has 0 N–H and O–H groups in total. The summed E-state index contributed by atoms with van der Waals surface area (Å²) in [5, 5.41) is 0. The summed E-state index contributed by atoms with van der Waals surface area (Å²) in [6, 6.07) is 2.08. The molecule has 1 aromatic carbocycles. The van der Waals surface area contributed by atoms with E-state index in [1.165, 1.54) is 4.90 Å². The number of fused-ring (bicyclic) bond motifs is 1. The van der Waals surface area contributed by atoms with Gasteiger partial charge in [-0.2, -0.15) is 0 Å². The molecule has 176 valence electrons. The Morgan fingerprint density at radius 2 is 1.88 bits per heavy atom. The molecule has 8 nitrogen and oxygen atoms in total. The summed E-state index contributed by atoms with van der Waals surface area (Å²) in [6.07, 6.45) is 12.1. The average molecular weight is 487 g/mol. The minimum atomic E-state index is -0.964. The number of rotatable bonds is 6. The van der Waals surface area contributed by atoms with E-state index < -0.39 is 41.1 Å². The Hall–Kier alpha value is -3.82. The lowest BCUT2D eigenvalue weighted by atomic mass is 9.90. The van der Waals surface area contributed by atoms with Gasteiger partial charge in [0.2, 0.25) is 5.91 Å². The van der Waals surface area contributed by atoms with Crippen LogP contribution in [0.15, 0.2) is 23.3 Å². The van der Waals surface area contributed by atoms with Crippen molar-refractivity contribution >= 4 is 46.7 Å². The Balaban J connectivity index is 2.12. The fourth-order valence-corrected chi connectivity index (χ4v) is 3.88. The molecule has 0 spiro atoms. The number of hydrogen-bond donors (Lipinski definition) is 0. The first kappa shape index (κ1) is 24.8. The zero-order chi connectivity index (χ0) is 24.8. The van der Waals surface area contributed by atoms with Crippen LogP contribution in [-0.2, 0) is 23.9 Å². The van der Waals surface area contributed by atoms with Gasteiger partial charge in [-0.1, -0.05) is 11.8 Å². The van der Waals surface area contributed by atoms with E-state index in [1.54, 1.807) is 0 Å². The standard InChI is InChI=1S/C24H20ClFN2O6/c1-3-9-27-19-12-18(17(26)11-20(19)34-14-22(27)30)28(21(29)13-25)23(31)15-7-5-6-8-16(15)24(32)33-10-4-2/h1-2,11-12H,5-10,13-14H2. The van der Waals surface area contributed by atoms with Gasteiger partial charge >= 0.3 is 5.97 Å². The highest BCUT2D eigenvalue weighted by molar-refractivity contribution is 6.34. The summed E-state index contributed by atoms with van der Waals surface area (Å²) in [4.78, 5) is 52.7. The number of esters is 1. The van der Waals surface area contributed by atoms with Crippen LogP contribution in [0.2, 0.25) is 0 Å². The van der Waals surface area contributed by atoms with Crippen molar-refractivity contribution in [1.29, 1.82) is 0 Å². The predicted octanol–water partition coefficient (Wildman–Crippen LogP) is 2.33. The zero-order valence-corrected chi connectivity index (χ0v) is 18.8. The molecule has 1 aromatic rings. The van der Waals surface area contributed by atoms with Crippen LogP contribution in [-0.4, -0.2) is 49.3 Å². The van der Waals surface area contributed by atoms with Crippen molar-refractivity contribution in [3.8, 4) is 30.4 Å². The first-order chi connectivity index (χ1) is 16.3. The maximum absolute atomic E-state index is 15.1. The van der Waals surface area contributed by atoms with Crippen LogP contribution >= 0.6 is 11.6 Å². The van der Waals surface area contributed by atoms with Crippen LogP contribution in [0.4, 0.5) is 15.8 Å². The van der Waals surface area contributed by atoms with Crippen molar-refractivity contribution < 1.29 is 33.0 Å². The summed E-state index contributed by atoms with van der Waals surface area (Å²) < 4.78 is 25.4. The van der Waals surface area contributed by atoms with Crippen molar-refractivity contribution in [2.75, 3.05) is 35.4 Å². The number of amides is 3. The normalized spacial score (nSPS) is 14.9. The molecule has 34 heavy (non-hydrogen) atoms. The number of nitrogens with zero attached hydrogens (tertiary/aromatic N) is 2. The second-order valence-corrected chi connectivity index (χ2v) is 7.62. The van der Waals surface area contributed by atoms with Gasteiger partial charge in [0.15, 0.2) is 19.0 Å². The van der Waals surface area contributed by atoms with Gasteiger partial charge in [0, 0.05) is 17.2 Å². The number of carbonyl (C=O) groups is 4. The molecule has 0 bridgehead atoms. The van der Waals surface area contributed by atoms with Gasteiger partial charge in [0.05, 0.1) is 17.9 Å². The number of terminal acetylenes is 2. The van der Waals surface area contributed by atoms with Crippen molar-refractivity contribution in [3.05, 3.63) is 29.1 Å². The third-order valence-corrected chi connectivity index (χ3v) is 5.52. The number of hydrogen-bond acceptors (Lipinski definition) is 6. The Kier molecular flexibility index (Phi) is 7.93. The second kappa shape index (κ2) is 10.9. The minimum absolute atomic E-state index is 0.0108. The van der Waals surface area contributed by atoms with Crippen molar-refractivity contribution in [1.82, 2.24) is 0 Å². The van der Waals surface area contributed by atoms with E-state index in [0.29, 0.717) is 17.7 Å². The Morgan fingerprint density at radius 3 is 2.53 bits per heavy atom. The van der Waals surface area contributed by atoms with Crippen LogP contribution in [0, 0.1) is 30.5 Å². The first-order valence-electron chi connectivity index (χ1n) is 10.3. The van der Waals surface area contributed by atoms with Gasteiger partial charge in [-0.25, -0.2) is 14.1 Å². The molecule has 0 unspecified atom stereocenters. The SMILES string of the molecule is C#CCOC(=O)C1=C(C(=O)N(C(=O)CCl)c2cc3c(cc2F)OCC(=O)N3CC#C)CCCC1. The molecular formula is C24H20ClFN2O6. The Bertz CT molecular complexity index is 1160. The third kappa shape index (κ3) is 4.90. The van der Waals surface area contributed by atoms with E-state index in [9.17, 15) is 19.2 Å². The molecule has 10 heteroatoms. The monoisotopic (exact) mass is 486 g/mol. The molecule has 0 fully saturated rings. The summed E-state index contributed by atoms with van der Waals surface area (Å²) in [5.41, 5.74) is -0.275. The van der Waals surface area contributed by atoms with Gasteiger partial charge in [-0.3, -0.25) is 19.3 Å². The van der Waals surface area contributed by atoms with Crippen LogP contribution in [0.1, 0.15) is 25.7 Å². The molecular weight excluding hydrogens is 467 g/mol. The molecule has 2 aliphatic rings. The zero-order valence-electron chi connectivity index (χ0n) is 18.1. The quantitative estimate of drug-likeness (QED) is 0.348. The first-order valence-corrected chi connectivity index (χ1v) is 10.8. The van der Waals surface area contributed by atoms with Crippen LogP contribution in [0.25, 0.3) is 0 Å². The molecule has 3 rings (SSSR count). The van der Waals surface area contributed by atoms with E-state index in [4.69, 9.17) is 33.9 Å². The van der Waals surface area contributed by atoms with Gasteiger partial charge in [0.1, 0.15) is 11.6 Å². The van der Waals surface area contributed by atoms with E-state index in [0.717, 1.165) is 12.1 Å². The number of ether oxygens (including phenoxy) is 2. The van der Waals surface area contributed by atoms with Crippen molar-refractivity contribution in [2.45, 2.75) is 25.7 Å². The molecule has 0 aromatic heterocycles. The fourth-order valence-electron chi connectivity index (χ4n) is 3.76. The number of carbonyl (C=O) groups excluding carboxylic acids is 4. The summed E-state index contributed by atoms with van der Waals surface area (Å²) in [7, 11) is 0. The van der Waals surface area contributed by atoms with Crippen LogP contribution in [0.3, 0.4) is 0 Å². The molecule has 0 radical (unpaired) electrons. The topological polar surface area (TPSA) is 93.2 Å². The van der Waals surface area contributed by atoms with Gasteiger partial charge in [-0.05, 0) is 31.7 Å². The number of anilines is 2. The van der Waals surface area contributed by atoms with Gasteiger partial charge in [-0.15, -0.1) is 24.4 Å². The van der Waals surface area contributed by atoms with Gasteiger partial charge < -0.3 is 9.47 Å². The molecule has 0 saturated carbocycles. The minimum Gasteiger partial charge on any atom is -0.481 e. The molecule has 0 atom stereocenters. The highest BCUT2D eigenvalue weighted by Gasteiger charge is 2.35.